The predicted octanol–water partition coefficient (Wildman–Crippen LogP) is 7.07. The summed E-state index contributed by atoms with van der Waals surface area (Å²) in [6.45, 7) is 0. The largest absolute Gasteiger partial charge is 0.510 e. The number of carbonyl (C=O) groups is 1. The van der Waals surface area contributed by atoms with Crippen LogP contribution in [0.15, 0.2) is 133 Å². The molecule has 1 heterocycles. The molecule has 1 N–H and O–H groups in total. The lowest BCUT2D eigenvalue weighted by atomic mass is 9.82. The molecule has 1 aliphatic heterocycles. The molecular formula is C31H27NO3. The topological polar surface area (TPSA) is 49.8 Å². The zero-order valence-corrected chi connectivity index (χ0v) is 19.4. The SMILES string of the molecule is O=C1OC(CCc2ccccc2)(c2ccccc2)CC(O)=C1N(c1ccccc1)c1ccccc1. The van der Waals surface area contributed by atoms with Crippen molar-refractivity contribution in [3.8, 4) is 0 Å². The first kappa shape index (κ1) is 22.5. The second kappa shape index (κ2) is 9.90. The van der Waals surface area contributed by atoms with Gasteiger partial charge >= 0.3 is 5.97 Å². The molecule has 0 bridgehead atoms. The number of rotatable bonds is 7. The number of ether oxygens (including phenoxy) is 1. The zero-order valence-electron chi connectivity index (χ0n) is 19.4. The summed E-state index contributed by atoms with van der Waals surface area (Å²) in [4.78, 5) is 15.5. The normalized spacial score (nSPS) is 17.7. The van der Waals surface area contributed by atoms with Gasteiger partial charge in [0.2, 0.25) is 0 Å². The lowest BCUT2D eigenvalue weighted by Gasteiger charge is -2.40. The summed E-state index contributed by atoms with van der Waals surface area (Å²) in [6, 6.07) is 39.0. The number of aliphatic hydroxyl groups excluding tert-OH is 1. The molecule has 5 rings (SSSR count). The smallest absolute Gasteiger partial charge is 0.359 e. The van der Waals surface area contributed by atoms with Gasteiger partial charge in [-0.3, -0.25) is 0 Å². The minimum atomic E-state index is -0.958. The van der Waals surface area contributed by atoms with Gasteiger partial charge < -0.3 is 14.7 Å². The van der Waals surface area contributed by atoms with E-state index >= 15 is 0 Å². The highest BCUT2D eigenvalue weighted by molar-refractivity contribution is 5.97. The Morgan fingerprint density at radius 1 is 0.714 bits per heavy atom. The Morgan fingerprint density at radius 3 is 1.71 bits per heavy atom. The van der Waals surface area contributed by atoms with Crippen molar-refractivity contribution >= 4 is 17.3 Å². The average molecular weight is 462 g/mol. The summed E-state index contributed by atoms with van der Waals surface area (Å²) >= 11 is 0. The van der Waals surface area contributed by atoms with E-state index in [-0.39, 0.29) is 17.9 Å². The standard InChI is InChI=1S/C31H27NO3/c33-28-23-31(25-15-7-2-8-16-25,22-21-24-13-5-1-6-14-24)35-30(34)29(28)32(26-17-9-3-10-18-26)27-19-11-4-12-20-27/h1-20,33H,21-23H2. The Bertz CT molecular complexity index is 1270. The lowest BCUT2D eigenvalue weighted by molar-refractivity contribution is -0.161. The third-order valence-electron chi connectivity index (χ3n) is 6.42. The molecule has 1 atom stereocenters. The third kappa shape index (κ3) is 4.69. The number of hydrogen-bond donors (Lipinski definition) is 1. The van der Waals surface area contributed by atoms with Crippen LogP contribution in [0.5, 0.6) is 0 Å². The Morgan fingerprint density at radius 2 is 1.20 bits per heavy atom. The van der Waals surface area contributed by atoms with Crippen molar-refractivity contribution in [3.05, 3.63) is 144 Å². The van der Waals surface area contributed by atoms with Gasteiger partial charge in [0, 0.05) is 11.4 Å². The second-order valence-electron chi connectivity index (χ2n) is 8.71. The number of nitrogens with zero attached hydrogens (tertiary/aromatic N) is 1. The van der Waals surface area contributed by atoms with Gasteiger partial charge in [-0.05, 0) is 48.2 Å². The molecule has 0 aliphatic carbocycles. The number of para-hydroxylation sites is 2. The second-order valence-corrected chi connectivity index (χ2v) is 8.71. The van der Waals surface area contributed by atoms with E-state index < -0.39 is 11.6 Å². The van der Waals surface area contributed by atoms with Crippen molar-refractivity contribution in [2.24, 2.45) is 0 Å². The summed E-state index contributed by atoms with van der Waals surface area (Å²) in [7, 11) is 0. The molecule has 0 spiro atoms. The van der Waals surface area contributed by atoms with Gasteiger partial charge in [0.05, 0.1) is 6.42 Å². The van der Waals surface area contributed by atoms with Crippen molar-refractivity contribution in [2.45, 2.75) is 24.9 Å². The van der Waals surface area contributed by atoms with Gasteiger partial charge in [0.1, 0.15) is 11.4 Å². The van der Waals surface area contributed by atoms with Crippen LogP contribution < -0.4 is 4.90 Å². The fraction of sp³-hybridized carbons (Fsp3) is 0.129. The highest BCUT2D eigenvalue weighted by Gasteiger charge is 2.45. The minimum Gasteiger partial charge on any atom is -0.510 e. The quantitative estimate of drug-likeness (QED) is 0.299. The van der Waals surface area contributed by atoms with E-state index in [1.165, 1.54) is 0 Å². The predicted molar refractivity (Wildman–Crippen MR) is 138 cm³/mol. The van der Waals surface area contributed by atoms with Crippen LogP contribution in [0.4, 0.5) is 11.4 Å². The van der Waals surface area contributed by atoms with Crippen LogP contribution in [0.3, 0.4) is 0 Å². The minimum absolute atomic E-state index is 0.0193. The molecule has 1 aliphatic rings. The van der Waals surface area contributed by atoms with E-state index in [0.717, 1.165) is 22.5 Å². The van der Waals surface area contributed by atoms with Gasteiger partial charge in [-0.25, -0.2) is 4.79 Å². The van der Waals surface area contributed by atoms with Gasteiger partial charge in [-0.15, -0.1) is 0 Å². The first-order valence-electron chi connectivity index (χ1n) is 11.8. The average Bonchev–Trinajstić information content (AvgIpc) is 2.92. The van der Waals surface area contributed by atoms with Crippen LogP contribution in [0.1, 0.15) is 24.0 Å². The van der Waals surface area contributed by atoms with E-state index in [1.54, 1.807) is 4.90 Å². The molecule has 35 heavy (non-hydrogen) atoms. The van der Waals surface area contributed by atoms with Crippen molar-refractivity contribution in [2.75, 3.05) is 4.90 Å². The van der Waals surface area contributed by atoms with Crippen molar-refractivity contribution in [1.82, 2.24) is 0 Å². The van der Waals surface area contributed by atoms with Gasteiger partial charge in [-0.2, -0.15) is 0 Å². The molecule has 174 valence electrons. The molecule has 0 aromatic heterocycles. The van der Waals surface area contributed by atoms with E-state index in [4.69, 9.17) is 4.74 Å². The molecule has 4 nitrogen and oxygen atoms in total. The van der Waals surface area contributed by atoms with Crippen LogP contribution in [0.2, 0.25) is 0 Å². The molecule has 1 unspecified atom stereocenters. The maximum atomic E-state index is 13.7. The third-order valence-corrected chi connectivity index (χ3v) is 6.42. The number of benzene rings is 4. The lowest BCUT2D eigenvalue weighted by Crippen LogP contribution is -2.41. The Labute approximate surface area is 205 Å². The summed E-state index contributed by atoms with van der Waals surface area (Å²) < 4.78 is 6.29. The highest BCUT2D eigenvalue weighted by Crippen LogP contribution is 2.44. The van der Waals surface area contributed by atoms with E-state index in [9.17, 15) is 9.90 Å². The Hall–Kier alpha value is -4.31. The molecular weight excluding hydrogens is 434 g/mol. The fourth-order valence-corrected chi connectivity index (χ4v) is 4.69. The highest BCUT2D eigenvalue weighted by atomic mass is 16.6. The van der Waals surface area contributed by atoms with Crippen LogP contribution in [-0.4, -0.2) is 11.1 Å². The number of esters is 1. The van der Waals surface area contributed by atoms with Gasteiger partial charge in [-0.1, -0.05) is 97.1 Å². The summed E-state index contributed by atoms with van der Waals surface area (Å²) in [5.74, 6) is -0.524. The molecule has 0 amide bonds. The monoisotopic (exact) mass is 461 g/mol. The summed E-state index contributed by atoms with van der Waals surface area (Å²) in [5.41, 5.74) is 2.76. The number of carbonyl (C=O) groups excluding carboxylic acids is 1. The summed E-state index contributed by atoms with van der Waals surface area (Å²) in [6.07, 6.45) is 1.47. The first-order valence-corrected chi connectivity index (χ1v) is 11.8. The number of anilines is 2. The van der Waals surface area contributed by atoms with E-state index in [2.05, 4.69) is 12.1 Å². The first-order chi connectivity index (χ1) is 17.2. The number of cyclic esters (lactones) is 1. The van der Waals surface area contributed by atoms with E-state index in [0.29, 0.717) is 12.8 Å². The van der Waals surface area contributed by atoms with Crippen LogP contribution in [0, 0.1) is 0 Å². The molecule has 0 fully saturated rings. The van der Waals surface area contributed by atoms with E-state index in [1.807, 2.05) is 109 Å². The van der Waals surface area contributed by atoms with Crippen molar-refractivity contribution < 1.29 is 14.6 Å². The zero-order chi connectivity index (χ0) is 24.1. The molecule has 4 aromatic rings. The maximum Gasteiger partial charge on any atom is 0.359 e. The van der Waals surface area contributed by atoms with Crippen LogP contribution >= 0.6 is 0 Å². The maximum absolute atomic E-state index is 13.7. The van der Waals surface area contributed by atoms with Crippen LogP contribution in [-0.2, 0) is 21.6 Å². The van der Waals surface area contributed by atoms with Crippen LogP contribution in [0.25, 0.3) is 0 Å². The van der Waals surface area contributed by atoms with Gasteiger partial charge in [0.25, 0.3) is 0 Å². The molecule has 0 saturated carbocycles. The fourth-order valence-electron chi connectivity index (χ4n) is 4.69. The molecule has 0 saturated heterocycles. The van der Waals surface area contributed by atoms with Gasteiger partial charge in [0.15, 0.2) is 5.70 Å². The number of aliphatic hydroxyl groups is 1. The van der Waals surface area contributed by atoms with Crippen molar-refractivity contribution in [3.63, 3.8) is 0 Å². The molecule has 4 aromatic carbocycles. The van der Waals surface area contributed by atoms with Crippen molar-refractivity contribution in [1.29, 1.82) is 0 Å². The molecule has 4 heteroatoms. The summed E-state index contributed by atoms with van der Waals surface area (Å²) in [5, 5.41) is 11.5. The Balaban J connectivity index is 1.57. The number of aryl methyl sites for hydroxylation is 1. The Kier molecular flexibility index (Phi) is 6.36. The molecule has 0 radical (unpaired) electrons. The number of hydrogen-bond acceptors (Lipinski definition) is 4.